The van der Waals surface area contributed by atoms with E-state index in [1.807, 2.05) is 63.7 Å². The van der Waals surface area contributed by atoms with Crippen molar-refractivity contribution in [1.82, 2.24) is 0 Å². The van der Waals surface area contributed by atoms with Gasteiger partial charge in [-0.1, -0.05) is 30.3 Å². The van der Waals surface area contributed by atoms with Crippen molar-refractivity contribution in [2.75, 3.05) is 26.4 Å². The van der Waals surface area contributed by atoms with Crippen LogP contribution in [0.2, 0.25) is 0 Å². The van der Waals surface area contributed by atoms with E-state index in [4.69, 9.17) is 17.7 Å². The number of benzene rings is 1. The molecular weight excluding hydrogens is 312 g/mol. The normalized spacial score (nSPS) is 10.7. The molecule has 0 atom stereocenters. The molecular formula is C16H30O4Si2. The first-order valence-electron chi connectivity index (χ1n) is 7.83. The Kier molecular flexibility index (Phi) is 13.4. The lowest BCUT2D eigenvalue weighted by Gasteiger charge is -2.26. The van der Waals surface area contributed by atoms with Gasteiger partial charge >= 0.3 is 18.6 Å². The summed E-state index contributed by atoms with van der Waals surface area (Å²) in [6.45, 7) is 14.7. The van der Waals surface area contributed by atoms with E-state index in [1.54, 1.807) is 0 Å². The van der Waals surface area contributed by atoms with Gasteiger partial charge in [0.2, 0.25) is 0 Å². The largest absolute Gasteiger partial charge is 0.399 e. The van der Waals surface area contributed by atoms with Gasteiger partial charge in [-0.15, -0.1) is 6.58 Å². The molecule has 0 heterocycles. The van der Waals surface area contributed by atoms with Gasteiger partial charge in [-0.25, -0.2) is 0 Å². The van der Waals surface area contributed by atoms with Crippen LogP contribution in [-0.2, 0) is 17.7 Å². The van der Waals surface area contributed by atoms with Crippen LogP contribution in [0.1, 0.15) is 27.7 Å². The molecule has 0 aliphatic heterocycles. The standard InChI is InChI=1S/C12H18O2Si.C4H12O2Si/c1-4-13-15(6-3,14-5-2)12-10-8-7-9-11-12;1-3-5-7-6-4-2/h6-11H,3-5H2,1-2H3;3-4,7H2,1-2H3. The Balaban J connectivity index is 0.000000534. The lowest BCUT2D eigenvalue weighted by molar-refractivity contribution is 0.207. The van der Waals surface area contributed by atoms with Crippen molar-refractivity contribution >= 4 is 23.8 Å². The van der Waals surface area contributed by atoms with Crippen molar-refractivity contribution in [2.24, 2.45) is 0 Å². The summed E-state index contributed by atoms with van der Waals surface area (Å²) < 4.78 is 21.6. The first-order valence-corrected chi connectivity index (χ1v) is 10.9. The van der Waals surface area contributed by atoms with Crippen molar-refractivity contribution in [1.29, 1.82) is 0 Å². The van der Waals surface area contributed by atoms with E-state index < -0.39 is 18.6 Å². The summed E-state index contributed by atoms with van der Waals surface area (Å²) in [4.78, 5) is 0. The van der Waals surface area contributed by atoms with Crippen LogP contribution < -0.4 is 5.19 Å². The average molecular weight is 343 g/mol. The Morgan fingerprint density at radius 1 is 0.909 bits per heavy atom. The molecule has 1 aromatic rings. The third kappa shape index (κ3) is 8.02. The molecule has 1 rings (SSSR count). The number of hydrogen-bond donors (Lipinski definition) is 0. The molecule has 0 aliphatic carbocycles. The molecule has 0 fully saturated rings. The van der Waals surface area contributed by atoms with Crippen molar-refractivity contribution in [3.63, 3.8) is 0 Å². The van der Waals surface area contributed by atoms with Gasteiger partial charge in [0, 0.05) is 26.4 Å². The van der Waals surface area contributed by atoms with Gasteiger partial charge in [0.05, 0.1) is 0 Å². The summed E-state index contributed by atoms with van der Waals surface area (Å²) in [5.41, 5.74) is 1.84. The fraction of sp³-hybridized carbons (Fsp3) is 0.500. The minimum atomic E-state index is -2.38. The van der Waals surface area contributed by atoms with Crippen molar-refractivity contribution in [3.05, 3.63) is 42.6 Å². The molecule has 0 amide bonds. The van der Waals surface area contributed by atoms with E-state index in [1.165, 1.54) is 0 Å². The maximum Gasteiger partial charge on any atom is 0.399 e. The fourth-order valence-corrected chi connectivity index (χ4v) is 4.62. The molecule has 0 aromatic heterocycles. The minimum Gasteiger partial charge on any atom is -0.399 e. The highest BCUT2D eigenvalue weighted by molar-refractivity contribution is 6.85. The summed E-state index contributed by atoms with van der Waals surface area (Å²) >= 11 is 0. The smallest absolute Gasteiger partial charge is 0.399 e. The molecule has 1 aromatic carbocycles. The maximum atomic E-state index is 5.80. The van der Waals surface area contributed by atoms with Gasteiger partial charge in [-0.3, -0.25) is 0 Å². The molecule has 6 heteroatoms. The summed E-state index contributed by atoms with van der Waals surface area (Å²) in [6.07, 6.45) is 0. The second kappa shape index (κ2) is 13.9. The molecule has 0 radical (unpaired) electrons. The van der Waals surface area contributed by atoms with Crippen molar-refractivity contribution in [2.45, 2.75) is 27.7 Å². The maximum absolute atomic E-state index is 5.80. The lowest BCUT2D eigenvalue weighted by atomic mass is 10.4. The summed E-state index contributed by atoms with van der Waals surface area (Å²) in [5.74, 6) is 0. The second-order valence-corrected chi connectivity index (χ2v) is 8.16. The zero-order valence-electron chi connectivity index (χ0n) is 14.3. The second-order valence-electron chi connectivity index (χ2n) is 4.21. The monoisotopic (exact) mass is 342 g/mol. The molecule has 0 saturated heterocycles. The van der Waals surface area contributed by atoms with Crippen molar-refractivity contribution < 1.29 is 17.7 Å². The van der Waals surface area contributed by atoms with Gasteiger partial charge < -0.3 is 17.7 Å². The molecule has 0 bridgehead atoms. The molecule has 4 nitrogen and oxygen atoms in total. The molecule has 22 heavy (non-hydrogen) atoms. The SMILES string of the molecule is C=C[Si](OCC)(OCC)c1ccccc1.CCO[SiH2]OCC. The Hall–Kier alpha value is -0.766. The quantitative estimate of drug-likeness (QED) is 0.482. The van der Waals surface area contributed by atoms with Gasteiger partial charge in [-0.2, -0.15) is 0 Å². The van der Waals surface area contributed by atoms with Crippen LogP contribution >= 0.6 is 0 Å². The minimum absolute atomic E-state index is 0.589. The van der Waals surface area contributed by atoms with Crippen LogP contribution in [0.25, 0.3) is 0 Å². The third-order valence-corrected chi connectivity index (χ3v) is 7.00. The van der Waals surface area contributed by atoms with E-state index in [0.29, 0.717) is 13.2 Å². The topological polar surface area (TPSA) is 36.9 Å². The molecule has 0 aliphatic rings. The Morgan fingerprint density at radius 2 is 1.41 bits per heavy atom. The Morgan fingerprint density at radius 3 is 1.77 bits per heavy atom. The van der Waals surface area contributed by atoms with E-state index in [-0.39, 0.29) is 0 Å². The Labute approximate surface area is 138 Å². The number of hydrogen-bond acceptors (Lipinski definition) is 4. The van der Waals surface area contributed by atoms with E-state index in [9.17, 15) is 0 Å². The fourth-order valence-electron chi connectivity index (χ4n) is 1.77. The molecule has 0 spiro atoms. The van der Waals surface area contributed by atoms with Gasteiger partial charge in [-0.05, 0) is 38.6 Å². The molecule has 0 saturated carbocycles. The van der Waals surface area contributed by atoms with Crippen LogP contribution in [0.4, 0.5) is 0 Å². The first-order chi connectivity index (χ1) is 10.7. The summed E-state index contributed by atoms with van der Waals surface area (Å²) in [7, 11) is -2.97. The van der Waals surface area contributed by atoms with Crippen LogP contribution in [0, 0.1) is 0 Å². The first kappa shape index (κ1) is 21.2. The summed E-state index contributed by atoms with van der Waals surface area (Å²) in [6, 6.07) is 10.1. The van der Waals surface area contributed by atoms with E-state index in [0.717, 1.165) is 18.4 Å². The van der Waals surface area contributed by atoms with E-state index in [2.05, 4.69) is 6.58 Å². The highest BCUT2D eigenvalue weighted by atomic mass is 28.4. The highest BCUT2D eigenvalue weighted by Crippen LogP contribution is 2.09. The lowest BCUT2D eigenvalue weighted by Crippen LogP contribution is -2.52. The van der Waals surface area contributed by atoms with Crippen molar-refractivity contribution in [3.8, 4) is 0 Å². The van der Waals surface area contributed by atoms with E-state index >= 15 is 0 Å². The summed E-state index contributed by atoms with van der Waals surface area (Å²) in [5, 5.41) is 1.11. The van der Waals surface area contributed by atoms with Crippen LogP contribution in [0.3, 0.4) is 0 Å². The highest BCUT2D eigenvalue weighted by Gasteiger charge is 2.35. The molecule has 0 N–H and O–H groups in total. The van der Waals surface area contributed by atoms with Gasteiger partial charge in [0.15, 0.2) is 0 Å². The van der Waals surface area contributed by atoms with Gasteiger partial charge in [0.1, 0.15) is 0 Å². The predicted octanol–water partition coefficient (Wildman–Crippen LogP) is 2.19. The number of rotatable bonds is 10. The van der Waals surface area contributed by atoms with Crippen LogP contribution in [0.5, 0.6) is 0 Å². The van der Waals surface area contributed by atoms with Crippen LogP contribution in [-0.4, -0.2) is 45.0 Å². The zero-order valence-corrected chi connectivity index (χ0v) is 16.8. The zero-order chi connectivity index (χ0) is 16.7. The third-order valence-electron chi connectivity index (χ3n) is 2.74. The predicted molar refractivity (Wildman–Crippen MR) is 97.1 cm³/mol. The van der Waals surface area contributed by atoms with Gasteiger partial charge in [0.25, 0.3) is 0 Å². The average Bonchev–Trinajstić information content (AvgIpc) is 2.56. The molecule has 0 unspecified atom stereocenters. The Bertz CT molecular complexity index is 364. The van der Waals surface area contributed by atoms with Crippen LogP contribution in [0.15, 0.2) is 42.6 Å². The molecule has 126 valence electrons.